The lowest BCUT2D eigenvalue weighted by Gasteiger charge is -2.58. The lowest BCUT2D eigenvalue weighted by atomic mass is 9.57. The number of likely N-dealkylation sites (tertiary alicyclic amines) is 1. The van der Waals surface area contributed by atoms with Gasteiger partial charge >= 0.3 is 6.09 Å². The van der Waals surface area contributed by atoms with E-state index in [-0.39, 0.29) is 11.5 Å². The topological polar surface area (TPSA) is 116 Å². The number of pyridine rings is 1. The number of hydrogen-bond acceptors (Lipinski definition) is 9. The molecule has 4 aromatic heterocycles. The zero-order chi connectivity index (χ0) is 28.4. The van der Waals surface area contributed by atoms with Crippen molar-refractivity contribution in [3.05, 3.63) is 42.5 Å². The van der Waals surface area contributed by atoms with Crippen molar-refractivity contribution in [1.82, 2.24) is 39.2 Å². The normalized spacial score (nSPS) is 18.9. The summed E-state index contributed by atoms with van der Waals surface area (Å²) in [4.78, 5) is 35.5. The second-order valence-electron chi connectivity index (χ2n) is 12.5. The predicted molar refractivity (Wildman–Crippen MR) is 152 cm³/mol. The van der Waals surface area contributed by atoms with Crippen LogP contribution in [0.3, 0.4) is 0 Å². The van der Waals surface area contributed by atoms with Gasteiger partial charge in [0, 0.05) is 68.7 Å². The summed E-state index contributed by atoms with van der Waals surface area (Å²) in [5, 5.41) is 4.92. The SMILES string of the molecule is Cn1c(-c2ccncc2)nc2c(N3CCOCC3)nc(-n3ccc(C4CC5(C4)CN(C(=O)OC(C)(C)C)C5)n3)nc21. The van der Waals surface area contributed by atoms with Crippen molar-refractivity contribution in [2.45, 2.75) is 45.1 Å². The van der Waals surface area contributed by atoms with E-state index in [4.69, 9.17) is 29.5 Å². The molecule has 3 aliphatic rings. The second kappa shape index (κ2) is 9.51. The van der Waals surface area contributed by atoms with Crippen LogP contribution in [0.25, 0.3) is 28.5 Å². The zero-order valence-electron chi connectivity index (χ0n) is 23.9. The van der Waals surface area contributed by atoms with E-state index in [1.54, 1.807) is 17.1 Å². The fourth-order valence-corrected chi connectivity index (χ4v) is 6.23. The van der Waals surface area contributed by atoms with Crippen molar-refractivity contribution in [1.29, 1.82) is 0 Å². The summed E-state index contributed by atoms with van der Waals surface area (Å²) in [6.45, 7) is 9.96. The Balaban J connectivity index is 1.14. The molecule has 6 heterocycles. The molecule has 7 rings (SSSR count). The third-order valence-corrected chi connectivity index (χ3v) is 8.23. The van der Waals surface area contributed by atoms with Gasteiger partial charge < -0.3 is 23.8 Å². The van der Waals surface area contributed by atoms with Gasteiger partial charge in [0.1, 0.15) is 11.4 Å². The van der Waals surface area contributed by atoms with Gasteiger partial charge in [-0.05, 0) is 51.8 Å². The molecule has 1 saturated carbocycles. The zero-order valence-corrected chi connectivity index (χ0v) is 23.9. The lowest BCUT2D eigenvalue weighted by molar-refractivity contribution is -0.0792. The number of fused-ring (bicyclic) bond motifs is 1. The van der Waals surface area contributed by atoms with Crippen molar-refractivity contribution in [3.8, 4) is 17.3 Å². The van der Waals surface area contributed by atoms with Gasteiger partial charge in [-0.1, -0.05) is 0 Å². The molecule has 4 aromatic rings. The highest BCUT2D eigenvalue weighted by Crippen LogP contribution is 2.56. The third-order valence-electron chi connectivity index (χ3n) is 8.23. The Labute approximate surface area is 238 Å². The molecule has 0 aromatic carbocycles. The van der Waals surface area contributed by atoms with Crippen LogP contribution in [-0.2, 0) is 16.5 Å². The van der Waals surface area contributed by atoms with Gasteiger partial charge in [0.15, 0.2) is 17.0 Å². The standard InChI is InChI=1S/C29H35N9O3/c1-28(2,3)41-27(39)37-17-29(18-37)15-20(16-29)21-7-10-38(34-21)26-32-24-22(25(33-26)36-11-13-40-14-12-36)31-23(35(24)4)19-5-8-30-9-6-19/h5-10,20H,11-18H2,1-4H3. The highest BCUT2D eigenvalue weighted by Gasteiger charge is 2.55. The van der Waals surface area contributed by atoms with Crippen LogP contribution in [0, 0.1) is 5.41 Å². The van der Waals surface area contributed by atoms with E-state index in [2.05, 4.69) is 16.0 Å². The van der Waals surface area contributed by atoms with E-state index >= 15 is 0 Å². The number of aromatic nitrogens is 7. The first-order chi connectivity index (χ1) is 19.7. The number of carbonyl (C=O) groups excluding carboxylic acids is 1. The molecule has 12 heteroatoms. The fourth-order valence-electron chi connectivity index (χ4n) is 6.23. The predicted octanol–water partition coefficient (Wildman–Crippen LogP) is 3.56. The Hall–Kier alpha value is -4.06. The van der Waals surface area contributed by atoms with Crippen molar-refractivity contribution >= 4 is 23.1 Å². The first kappa shape index (κ1) is 25.9. The maximum Gasteiger partial charge on any atom is 0.410 e. The highest BCUT2D eigenvalue weighted by atomic mass is 16.6. The van der Waals surface area contributed by atoms with Crippen LogP contribution in [0.15, 0.2) is 36.8 Å². The number of nitrogens with zero attached hydrogens (tertiary/aromatic N) is 9. The van der Waals surface area contributed by atoms with Gasteiger partial charge in [-0.15, -0.1) is 0 Å². The molecule has 0 atom stereocenters. The van der Waals surface area contributed by atoms with E-state index in [0.717, 1.165) is 73.1 Å². The van der Waals surface area contributed by atoms with Crippen molar-refractivity contribution < 1.29 is 14.3 Å². The largest absolute Gasteiger partial charge is 0.444 e. The maximum atomic E-state index is 12.4. The average Bonchev–Trinajstić information content (AvgIpc) is 3.52. The van der Waals surface area contributed by atoms with Crippen LogP contribution < -0.4 is 4.90 Å². The summed E-state index contributed by atoms with van der Waals surface area (Å²) in [5.41, 5.74) is 3.22. The van der Waals surface area contributed by atoms with Crippen LogP contribution in [0.1, 0.15) is 45.2 Å². The van der Waals surface area contributed by atoms with Crippen LogP contribution >= 0.6 is 0 Å². The van der Waals surface area contributed by atoms with Gasteiger partial charge in [0.25, 0.3) is 5.95 Å². The van der Waals surface area contributed by atoms with E-state index < -0.39 is 5.60 Å². The number of amides is 1. The highest BCUT2D eigenvalue weighted by molar-refractivity contribution is 5.87. The Kier molecular flexibility index (Phi) is 6.00. The maximum absolute atomic E-state index is 12.4. The number of anilines is 1. The van der Waals surface area contributed by atoms with Gasteiger partial charge in [-0.25, -0.2) is 14.5 Å². The molecule has 0 unspecified atom stereocenters. The molecule has 12 nitrogen and oxygen atoms in total. The second-order valence-corrected chi connectivity index (χ2v) is 12.5. The molecule has 1 spiro atoms. The summed E-state index contributed by atoms with van der Waals surface area (Å²) in [5.74, 6) is 2.48. The molecule has 2 aliphatic heterocycles. The first-order valence-electron chi connectivity index (χ1n) is 14.2. The number of aryl methyl sites for hydroxylation is 1. The first-order valence-corrected chi connectivity index (χ1v) is 14.2. The summed E-state index contributed by atoms with van der Waals surface area (Å²) in [6, 6.07) is 5.96. The van der Waals surface area contributed by atoms with Gasteiger partial charge in [0.2, 0.25) is 0 Å². The van der Waals surface area contributed by atoms with E-state index in [1.807, 2.05) is 55.6 Å². The lowest BCUT2D eigenvalue weighted by Crippen LogP contribution is -2.63. The van der Waals surface area contributed by atoms with Crippen molar-refractivity contribution in [2.75, 3.05) is 44.3 Å². The van der Waals surface area contributed by atoms with E-state index in [0.29, 0.717) is 25.1 Å². The minimum atomic E-state index is -0.475. The molecule has 1 amide bonds. The van der Waals surface area contributed by atoms with Crippen LogP contribution in [0.5, 0.6) is 0 Å². The minimum Gasteiger partial charge on any atom is -0.444 e. The number of imidazole rings is 1. The summed E-state index contributed by atoms with van der Waals surface area (Å²) >= 11 is 0. The molecular weight excluding hydrogens is 522 g/mol. The molecular formula is C29H35N9O3. The summed E-state index contributed by atoms with van der Waals surface area (Å²) in [6.07, 6.45) is 7.28. The Morgan fingerprint density at radius 1 is 1.05 bits per heavy atom. The van der Waals surface area contributed by atoms with Crippen LogP contribution in [-0.4, -0.2) is 90.3 Å². The average molecular weight is 558 g/mol. The van der Waals surface area contributed by atoms with Crippen LogP contribution in [0.2, 0.25) is 0 Å². The molecule has 1 aliphatic carbocycles. The third kappa shape index (κ3) is 4.69. The van der Waals surface area contributed by atoms with E-state index in [1.165, 1.54) is 0 Å². The molecule has 3 fully saturated rings. The van der Waals surface area contributed by atoms with Crippen LogP contribution in [0.4, 0.5) is 10.6 Å². The van der Waals surface area contributed by atoms with Gasteiger partial charge in [-0.2, -0.15) is 15.1 Å². The quantitative estimate of drug-likeness (QED) is 0.371. The molecule has 0 bridgehead atoms. The summed E-state index contributed by atoms with van der Waals surface area (Å²) < 4.78 is 14.9. The van der Waals surface area contributed by atoms with Gasteiger partial charge in [0.05, 0.1) is 18.9 Å². The monoisotopic (exact) mass is 557 g/mol. The Morgan fingerprint density at radius 2 is 1.78 bits per heavy atom. The van der Waals surface area contributed by atoms with Crippen molar-refractivity contribution in [3.63, 3.8) is 0 Å². The molecule has 41 heavy (non-hydrogen) atoms. The molecule has 0 radical (unpaired) electrons. The summed E-state index contributed by atoms with van der Waals surface area (Å²) in [7, 11) is 1.98. The van der Waals surface area contributed by atoms with Crippen molar-refractivity contribution in [2.24, 2.45) is 12.5 Å². The van der Waals surface area contributed by atoms with Gasteiger partial charge in [-0.3, -0.25) is 4.98 Å². The number of morpholine rings is 1. The number of ether oxygens (including phenoxy) is 2. The smallest absolute Gasteiger partial charge is 0.410 e. The molecule has 2 saturated heterocycles. The Morgan fingerprint density at radius 3 is 2.49 bits per heavy atom. The van der Waals surface area contributed by atoms with E-state index in [9.17, 15) is 4.79 Å². The number of hydrogen-bond donors (Lipinski definition) is 0. The minimum absolute atomic E-state index is 0.183. The number of rotatable bonds is 4. The fraction of sp³-hybridized carbons (Fsp3) is 0.517. The molecule has 0 N–H and O–H groups in total. The number of carbonyl (C=O) groups is 1. The Bertz CT molecular complexity index is 1590. The molecule has 214 valence electrons.